The van der Waals surface area contributed by atoms with Crippen LogP contribution in [0.25, 0.3) is 0 Å². The Hall–Kier alpha value is -0.690. The van der Waals surface area contributed by atoms with Crippen LogP contribution in [0.15, 0.2) is 0 Å². The molecule has 0 fully saturated rings. The molecule has 1 atom stereocenters. The van der Waals surface area contributed by atoms with Gasteiger partial charge >= 0.3 is 0 Å². The summed E-state index contributed by atoms with van der Waals surface area (Å²) >= 11 is 0. The molecule has 6 heteroatoms. The number of likely N-dealkylation sites (N-methyl/N-ethyl adjacent to an activating group) is 1. The topological polar surface area (TPSA) is 89.8 Å². The van der Waals surface area contributed by atoms with Crippen LogP contribution in [0.3, 0.4) is 0 Å². The summed E-state index contributed by atoms with van der Waals surface area (Å²) in [5.41, 5.74) is 0. The first-order valence-corrected chi connectivity index (χ1v) is 5.02. The number of aliphatic hydroxyl groups excluding tert-OH is 2. The number of quaternary nitrogens is 1. The molecule has 0 amide bonds. The van der Waals surface area contributed by atoms with Crippen LogP contribution in [0.2, 0.25) is 0 Å². The van der Waals surface area contributed by atoms with Gasteiger partial charge in [-0.25, -0.2) is 0 Å². The van der Waals surface area contributed by atoms with Crippen molar-refractivity contribution in [3.05, 3.63) is 0 Å². The fourth-order valence-corrected chi connectivity index (χ4v) is 1.18. The second-order valence-electron chi connectivity index (χ2n) is 4.17. The Kier molecular flexibility index (Phi) is 10.5. The van der Waals surface area contributed by atoms with Crippen molar-refractivity contribution < 1.29 is 29.3 Å². The van der Waals surface area contributed by atoms with E-state index < -0.39 is 12.1 Å². The van der Waals surface area contributed by atoms with E-state index in [2.05, 4.69) is 0 Å². The van der Waals surface area contributed by atoms with Gasteiger partial charge in [0.15, 0.2) is 0 Å². The number of carboxylic acid groups (broad SMARTS) is 1. The third kappa shape index (κ3) is 15.8. The maximum absolute atomic E-state index is 9.39. The molecule has 0 aromatic heterocycles. The molecule has 0 heterocycles. The number of carboxylic acids is 1. The number of rotatable bonds is 6. The standard InChI is InChI=1S/C8H20NO3.C2H4O2/c1-9(2,4-5-10)6-8(11)7-12-3;1-2(3)4/h8,10-11H,4-7H2,1-3H3;1H3,(H,3,4)/q+1;/p-1. The molecule has 0 bridgehead atoms. The maximum atomic E-state index is 9.39. The monoisotopic (exact) mass is 237 g/mol. The molecule has 0 aromatic rings. The summed E-state index contributed by atoms with van der Waals surface area (Å²) in [6, 6.07) is 0. The third-order valence-electron chi connectivity index (χ3n) is 1.77. The minimum atomic E-state index is -1.08. The lowest BCUT2D eigenvalue weighted by Gasteiger charge is -2.30. The van der Waals surface area contributed by atoms with Gasteiger partial charge in [-0.1, -0.05) is 0 Å². The zero-order valence-corrected chi connectivity index (χ0v) is 10.5. The molecular formula is C10H23NO5. The summed E-state index contributed by atoms with van der Waals surface area (Å²) in [4.78, 5) is 8.89. The largest absolute Gasteiger partial charge is 0.550 e. The molecule has 1 unspecified atom stereocenters. The quantitative estimate of drug-likeness (QED) is 0.513. The second-order valence-corrected chi connectivity index (χ2v) is 4.17. The smallest absolute Gasteiger partial charge is 0.126 e. The van der Waals surface area contributed by atoms with Crippen molar-refractivity contribution in [2.75, 3.05) is 47.5 Å². The number of hydrogen-bond acceptors (Lipinski definition) is 5. The van der Waals surface area contributed by atoms with Crippen molar-refractivity contribution in [1.29, 1.82) is 0 Å². The van der Waals surface area contributed by atoms with Crippen LogP contribution in [0, 0.1) is 0 Å². The van der Waals surface area contributed by atoms with Crippen LogP contribution in [0.5, 0.6) is 0 Å². The van der Waals surface area contributed by atoms with Crippen LogP contribution in [0.1, 0.15) is 6.92 Å². The lowest BCUT2D eigenvalue weighted by Crippen LogP contribution is -2.48. The molecular weight excluding hydrogens is 214 g/mol. The molecule has 0 aliphatic heterocycles. The van der Waals surface area contributed by atoms with Crippen molar-refractivity contribution in [2.45, 2.75) is 13.0 Å². The molecule has 0 spiro atoms. The number of methoxy groups -OCH3 is 1. The molecule has 0 aliphatic carbocycles. The summed E-state index contributed by atoms with van der Waals surface area (Å²) < 4.78 is 5.42. The maximum Gasteiger partial charge on any atom is 0.126 e. The molecule has 0 radical (unpaired) electrons. The Morgan fingerprint density at radius 2 is 1.94 bits per heavy atom. The van der Waals surface area contributed by atoms with Gasteiger partial charge in [0.25, 0.3) is 0 Å². The molecule has 0 rings (SSSR count). The highest BCUT2D eigenvalue weighted by molar-refractivity contribution is 5.60. The van der Waals surface area contributed by atoms with E-state index in [9.17, 15) is 5.11 Å². The second kappa shape index (κ2) is 9.53. The zero-order valence-electron chi connectivity index (χ0n) is 10.5. The van der Waals surface area contributed by atoms with Gasteiger partial charge in [-0.2, -0.15) is 0 Å². The van der Waals surface area contributed by atoms with Crippen LogP contribution in [-0.2, 0) is 9.53 Å². The summed E-state index contributed by atoms with van der Waals surface area (Å²) in [7, 11) is 5.50. The Labute approximate surface area is 96.7 Å². The predicted octanol–water partition coefficient (Wildman–Crippen LogP) is -2.18. The van der Waals surface area contributed by atoms with E-state index in [1.807, 2.05) is 14.1 Å². The average molecular weight is 237 g/mol. The lowest BCUT2D eigenvalue weighted by atomic mass is 10.3. The molecule has 16 heavy (non-hydrogen) atoms. The first-order chi connectivity index (χ1) is 7.25. The van der Waals surface area contributed by atoms with Crippen LogP contribution < -0.4 is 5.11 Å². The van der Waals surface area contributed by atoms with Crippen molar-refractivity contribution in [3.8, 4) is 0 Å². The SMILES string of the molecule is CC(=O)[O-].COCC(O)C[N+](C)(C)CCO. The molecule has 0 saturated heterocycles. The highest BCUT2D eigenvalue weighted by atomic mass is 16.5. The van der Waals surface area contributed by atoms with E-state index in [1.54, 1.807) is 7.11 Å². The predicted molar refractivity (Wildman–Crippen MR) is 57.5 cm³/mol. The number of carbonyl (C=O) groups excluding carboxylic acids is 1. The Morgan fingerprint density at radius 1 is 1.50 bits per heavy atom. The van der Waals surface area contributed by atoms with Crippen molar-refractivity contribution in [3.63, 3.8) is 0 Å². The summed E-state index contributed by atoms with van der Waals surface area (Å²) in [5.74, 6) is -1.08. The fourth-order valence-electron chi connectivity index (χ4n) is 1.18. The summed E-state index contributed by atoms with van der Waals surface area (Å²) in [6.45, 7) is 2.73. The van der Waals surface area contributed by atoms with Crippen LogP contribution >= 0.6 is 0 Å². The molecule has 2 N–H and O–H groups in total. The van der Waals surface area contributed by atoms with Gasteiger partial charge in [0, 0.05) is 13.1 Å². The van der Waals surface area contributed by atoms with E-state index in [0.29, 0.717) is 24.2 Å². The first kappa shape index (κ1) is 17.7. The molecule has 0 aliphatic rings. The van der Waals surface area contributed by atoms with Crippen molar-refractivity contribution >= 4 is 5.97 Å². The van der Waals surface area contributed by atoms with Gasteiger partial charge in [0.2, 0.25) is 0 Å². The van der Waals surface area contributed by atoms with Gasteiger partial charge in [-0.3, -0.25) is 0 Å². The van der Waals surface area contributed by atoms with Crippen molar-refractivity contribution in [2.24, 2.45) is 0 Å². The number of aliphatic hydroxyl groups is 2. The first-order valence-electron chi connectivity index (χ1n) is 5.02. The lowest BCUT2D eigenvalue weighted by molar-refractivity contribution is -0.893. The van der Waals surface area contributed by atoms with E-state index in [-0.39, 0.29) is 6.61 Å². The minimum absolute atomic E-state index is 0.146. The van der Waals surface area contributed by atoms with E-state index in [1.165, 1.54) is 0 Å². The minimum Gasteiger partial charge on any atom is -0.550 e. The van der Waals surface area contributed by atoms with Gasteiger partial charge < -0.3 is 29.3 Å². The van der Waals surface area contributed by atoms with Gasteiger partial charge in [-0.15, -0.1) is 0 Å². The molecule has 0 saturated carbocycles. The van der Waals surface area contributed by atoms with Gasteiger partial charge in [0.1, 0.15) is 19.2 Å². The third-order valence-corrected chi connectivity index (χ3v) is 1.77. The highest BCUT2D eigenvalue weighted by Crippen LogP contribution is 1.99. The number of hydrogen-bond donors (Lipinski definition) is 2. The summed E-state index contributed by atoms with van der Waals surface area (Å²) in [6.07, 6.45) is -0.448. The van der Waals surface area contributed by atoms with Crippen LogP contribution in [-0.4, -0.2) is 74.3 Å². The normalized spacial score (nSPS) is 12.6. The Balaban J connectivity index is 0. The molecule has 98 valence electrons. The van der Waals surface area contributed by atoms with E-state index in [4.69, 9.17) is 19.7 Å². The fraction of sp³-hybridized carbons (Fsp3) is 0.900. The van der Waals surface area contributed by atoms with E-state index >= 15 is 0 Å². The highest BCUT2D eigenvalue weighted by Gasteiger charge is 2.19. The number of nitrogens with zero attached hydrogens (tertiary/aromatic N) is 1. The summed E-state index contributed by atoms with van der Waals surface area (Å²) in [5, 5.41) is 27.0. The van der Waals surface area contributed by atoms with E-state index in [0.717, 1.165) is 6.92 Å². The molecule has 0 aromatic carbocycles. The van der Waals surface area contributed by atoms with Gasteiger partial charge in [-0.05, 0) is 6.92 Å². The average Bonchev–Trinajstić information content (AvgIpc) is 2.00. The number of ether oxygens (including phenoxy) is 1. The number of aliphatic carboxylic acids is 1. The van der Waals surface area contributed by atoms with Crippen LogP contribution in [0.4, 0.5) is 0 Å². The Bertz CT molecular complexity index is 180. The van der Waals surface area contributed by atoms with Crippen molar-refractivity contribution in [1.82, 2.24) is 0 Å². The zero-order chi connectivity index (χ0) is 13.2. The number of carbonyl (C=O) groups is 1. The Morgan fingerprint density at radius 3 is 2.25 bits per heavy atom. The van der Waals surface area contributed by atoms with Gasteiger partial charge in [0.05, 0.1) is 27.3 Å². The molecule has 6 nitrogen and oxygen atoms in total.